The first kappa shape index (κ1) is 8.76. The minimum absolute atomic E-state index is 0.718. The first-order chi connectivity index (χ1) is 6.79. The van der Waals surface area contributed by atoms with Gasteiger partial charge in [0.25, 0.3) is 0 Å². The van der Waals surface area contributed by atoms with Gasteiger partial charge < -0.3 is 5.32 Å². The van der Waals surface area contributed by atoms with Gasteiger partial charge >= 0.3 is 0 Å². The summed E-state index contributed by atoms with van der Waals surface area (Å²) in [5, 5.41) is 8.75. The third-order valence-corrected chi connectivity index (χ3v) is 1.88. The Kier molecular flexibility index (Phi) is 2.19. The van der Waals surface area contributed by atoms with Crippen molar-refractivity contribution >= 4 is 11.5 Å². The van der Waals surface area contributed by atoms with Gasteiger partial charge in [-0.1, -0.05) is 0 Å². The smallest absolute Gasteiger partial charge is 0.189 e. The number of amidine groups is 1. The number of aromatic nitrogens is 1. The molecule has 0 amide bonds. The molecule has 14 heavy (non-hydrogen) atoms. The van der Waals surface area contributed by atoms with E-state index >= 15 is 0 Å². The molecule has 6 heteroatoms. The molecule has 0 radical (unpaired) electrons. The Labute approximate surface area is 82.0 Å². The summed E-state index contributed by atoms with van der Waals surface area (Å²) in [6.07, 6.45) is 1.76. The van der Waals surface area contributed by atoms with Gasteiger partial charge in [0.15, 0.2) is 5.84 Å². The Morgan fingerprint density at radius 3 is 2.79 bits per heavy atom. The van der Waals surface area contributed by atoms with Crippen molar-refractivity contribution < 1.29 is 0 Å². The molecule has 2 heterocycles. The zero-order valence-corrected chi connectivity index (χ0v) is 8.07. The fourth-order valence-electron chi connectivity index (χ4n) is 1.13. The van der Waals surface area contributed by atoms with E-state index in [9.17, 15) is 0 Å². The number of rotatable bonds is 2. The Balaban J connectivity index is 2.21. The SMILES string of the molecule is CNc1ccc(C2=NN(C)NN2)nc1. The maximum atomic E-state index is 4.24. The third kappa shape index (κ3) is 1.60. The number of nitrogens with one attached hydrogen (secondary N) is 3. The summed E-state index contributed by atoms with van der Waals surface area (Å²) in [6, 6.07) is 3.85. The maximum Gasteiger partial charge on any atom is 0.189 e. The Bertz CT molecular complexity index is 343. The van der Waals surface area contributed by atoms with E-state index in [1.807, 2.05) is 26.2 Å². The fraction of sp³-hybridized carbons (Fsp3) is 0.250. The van der Waals surface area contributed by atoms with Crippen LogP contribution in [0.1, 0.15) is 5.69 Å². The molecule has 1 aliphatic heterocycles. The maximum absolute atomic E-state index is 4.24. The highest BCUT2D eigenvalue weighted by atomic mass is 15.8. The summed E-state index contributed by atoms with van der Waals surface area (Å²) in [5.74, 6) is 0.718. The van der Waals surface area contributed by atoms with Gasteiger partial charge in [-0.15, -0.1) is 10.6 Å². The Morgan fingerprint density at radius 1 is 1.43 bits per heavy atom. The lowest BCUT2D eigenvalue weighted by Crippen LogP contribution is -2.36. The van der Waals surface area contributed by atoms with Crippen LogP contribution in [0.15, 0.2) is 23.4 Å². The van der Waals surface area contributed by atoms with Crippen molar-refractivity contribution in [3.05, 3.63) is 24.0 Å². The van der Waals surface area contributed by atoms with Crippen molar-refractivity contribution in [1.82, 2.24) is 21.1 Å². The van der Waals surface area contributed by atoms with Crippen LogP contribution in [0.5, 0.6) is 0 Å². The molecule has 1 aromatic rings. The first-order valence-electron chi connectivity index (χ1n) is 4.28. The van der Waals surface area contributed by atoms with E-state index in [0.29, 0.717) is 0 Å². The lowest BCUT2D eigenvalue weighted by atomic mass is 10.3. The monoisotopic (exact) mass is 192 g/mol. The third-order valence-electron chi connectivity index (χ3n) is 1.88. The van der Waals surface area contributed by atoms with Crippen LogP contribution < -0.4 is 16.3 Å². The lowest BCUT2D eigenvalue weighted by Gasteiger charge is -2.02. The van der Waals surface area contributed by atoms with E-state index in [4.69, 9.17) is 0 Å². The standard InChI is InChI=1S/C8H12N6/c1-9-6-3-4-7(10-5-6)8-11-13-14(2)12-8/h3-5,9,13H,1-2H3,(H,11,12). The number of hydrogen-bond donors (Lipinski definition) is 3. The Hall–Kier alpha value is -1.82. The predicted octanol–water partition coefficient (Wildman–Crippen LogP) is -0.261. The number of nitrogens with zero attached hydrogens (tertiary/aromatic N) is 3. The van der Waals surface area contributed by atoms with Crippen molar-refractivity contribution in [2.24, 2.45) is 5.10 Å². The van der Waals surface area contributed by atoms with Gasteiger partial charge in [0.05, 0.1) is 11.9 Å². The highest BCUT2D eigenvalue weighted by molar-refractivity contribution is 5.97. The van der Waals surface area contributed by atoms with Crippen LogP contribution >= 0.6 is 0 Å². The summed E-state index contributed by atoms with van der Waals surface area (Å²) in [4.78, 5) is 4.24. The van der Waals surface area contributed by atoms with E-state index in [2.05, 4.69) is 26.4 Å². The second-order valence-electron chi connectivity index (χ2n) is 2.89. The van der Waals surface area contributed by atoms with Crippen LogP contribution in [-0.2, 0) is 0 Å². The van der Waals surface area contributed by atoms with E-state index in [-0.39, 0.29) is 0 Å². The number of hydrazone groups is 1. The van der Waals surface area contributed by atoms with Crippen molar-refractivity contribution in [3.63, 3.8) is 0 Å². The molecule has 0 aromatic carbocycles. The van der Waals surface area contributed by atoms with Gasteiger partial charge in [0, 0.05) is 14.1 Å². The van der Waals surface area contributed by atoms with Crippen molar-refractivity contribution in [2.45, 2.75) is 0 Å². The van der Waals surface area contributed by atoms with E-state index in [1.54, 1.807) is 11.3 Å². The van der Waals surface area contributed by atoms with Crippen LogP contribution in [0.25, 0.3) is 0 Å². The largest absolute Gasteiger partial charge is 0.387 e. The van der Waals surface area contributed by atoms with Gasteiger partial charge in [-0.25, -0.2) is 5.12 Å². The molecular formula is C8H12N6. The van der Waals surface area contributed by atoms with Crippen molar-refractivity contribution in [2.75, 3.05) is 19.4 Å². The minimum Gasteiger partial charge on any atom is -0.387 e. The zero-order chi connectivity index (χ0) is 9.97. The molecular weight excluding hydrogens is 180 g/mol. The van der Waals surface area contributed by atoms with Gasteiger partial charge in [-0.3, -0.25) is 10.4 Å². The highest BCUT2D eigenvalue weighted by Gasteiger charge is 2.11. The van der Waals surface area contributed by atoms with Crippen LogP contribution in [-0.4, -0.2) is 30.0 Å². The van der Waals surface area contributed by atoms with E-state index in [1.165, 1.54) is 0 Å². The summed E-state index contributed by atoms with van der Waals surface area (Å²) in [5.41, 5.74) is 7.51. The molecule has 0 atom stereocenters. The van der Waals surface area contributed by atoms with Gasteiger partial charge in [0.2, 0.25) is 0 Å². The van der Waals surface area contributed by atoms with Crippen LogP contribution in [0, 0.1) is 0 Å². The molecule has 0 unspecified atom stereocenters. The van der Waals surface area contributed by atoms with E-state index in [0.717, 1.165) is 17.2 Å². The molecule has 3 N–H and O–H groups in total. The van der Waals surface area contributed by atoms with Crippen molar-refractivity contribution in [3.8, 4) is 0 Å². The molecule has 0 saturated heterocycles. The molecule has 0 spiro atoms. The normalized spacial score (nSPS) is 15.0. The summed E-state index contributed by atoms with van der Waals surface area (Å²) in [6.45, 7) is 0. The molecule has 1 aliphatic rings. The van der Waals surface area contributed by atoms with Crippen molar-refractivity contribution in [1.29, 1.82) is 0 Å². The second kappa shape index (κ2) is 3.51. The number of hydrogen-bond acceptors (Lipinski definition) is 6. The number of anilines is 1. The average molecular weight is 192 g/mol. The van der Waals surface area contributed by atoms with Gasteiger partial charge in [-0.2, -0.15) is 0 Å². The number of pyridine rings is 1. The van der Waals surface area contributed by atoms with E-state index < -0.39 is 0 Å². The Morgan fingerprint density at radius 2 is 2.29 bits per heavy atom. The predicted molar refractivity (Wildman–Crippen MR) is 54.4 cm³/mol. The molecule has 2 rings (SSSR count). The molecule has 74 valence electrons. The van der Waals surface area contributed by atoms with Crippen LogP contribution in [0.4, 0.5) is 5.69 Å². The molecule has 1 aromatic heterocycles. The topological polar surface area (TPSA) is 64.6 Å². The fourth-order valence-corrected chi connectivity index (χ4v) is 1.13. The van der Waals surface area contributed by atoms with Gasteiger partial charge in [0.1, 0.15) is 5.69 Å². The number of hydrazine groups is 2. The average Bonchev–Trinajstić information content (AvgIpc) is 2.65. The zero-order valence-electron chi connectivity index (χ0n) is 8.07. The second-order valence-corrected chi connectivity index (χ2v) is 2.89. The lowest BCUT2D eigenvalue weighted by molar-refractivity contribution is 0.259. The van der Waals surface area contributed by atoms with Crippen LogP contribution in [0.2, 0.25) is 0 Å². The summed E-state index contributed by atoms with van der Waals surface area (Å²) < 4.78 is 0. The summed E-state index contributed by atoms with van der Waals surface area (Å²) in [7, 11) is 3.67. The molecule has 0 fully saturated rings. The minimum atomic E-state index is 0.718. The summed E-state index contributed by atoms with van der Waals surface area (Å²) >= 11 is 0. The van der Waals surface area contributed by atoms with Crippen LogP contribution in [0.3, 0.4) is 0 Å². The molecule has 6 nitrogen and oxygen atoms in total. The molecule has 0 aliphatic carbocycles. The quantitative estimate of drug-likeness (QED) is 0.602. The molecule has 0 bridgehead atoms. The highest BCUT2D eigenvalue weighted by Crippen LogP contribution is 2.06. The first-order valence-corrected chi connectivity index (χ1v) is 4.28. The molecule has 0 saturated carbocycles. The van der Waals surface area contributed by atoms with Gasteiger partial charge in [-0.05, 0) is 12.1 Å².